The molecule has 1 aliphatic rings. The molecular formula is C13H17FN2O3. The van der Waals surface area contributed by atoms with E-state index in [-0.39, 0.29) is 11.8 Å². The Labute approximate surface area is 111 Å². The van der Waals surface area contributed by atoms with Crippen LogP contribution in [0.2, 0.25) is 0 Å². The van der Waals surface area contributed by atoms with Crippen molar-refractivity contribution in [3.05, 3.63) is 34.1 Å². The van der Waals surface area contributed by atoms with E-state index in [1.54, 1.807) is 0 Å². The van der Waals surface area contributed by atoms with Gasteiger partial charge in [-0.3, -0.25) is 10.1 Å². The third kappa shape index (κ3) is 3.41. The van der Waals surface area contributed by atoms with Gasteiger partial charge in [-0.1, -0.05) is 0 Å². The summed E-state index contributed by atoms with van der Waals surface area (Å²) in [5.41, 5.74) is 0.338. The van der Waals surface area contributed by atoms with Gasteiger partial charge in [-0.2, -0.15) is 0 Å². The van der Waals surface area contributed by atoms with Crippen LogP contribution in [0, 0.1) is 15.9 Å². The maximum atomic E-state index is 13.4. The maximum absolute atomic E-state index is 13.4. The Morgan fingerprint density at radius 1 is 1.53 bits per heavy atom. The first-order chi connectivity index (χ1) is 9.10. The number of nitrogens with zero attached hydrogens (tertiary/aromatic N) is 2. The summed E-state index contributed by atoms with van der Waals surface area (Å²) in [6.07, 6.45) is 2.03. The Bertz CT molecular complexity index is 465. The van der Waals surface area contributed by atoms with Gasteiger partial charge in [0.15, 0.2) is 0 Å². The Balaban J connectivity index is 2.18. The molecule has 0 bridgehead atoms. The molecule has 0 amide bonds. The van der Waals surface area contributed by atoms with Gasteiger partial charge in [0, 0.05) is 31.5 Å². The number of anilines is 1. The number of nitro groups is 1. The molecule has 1 saturated heterocycles. The van der Waals surface area contributed by atoms with Gasteiger partial charge in [0.05, 0.1) is 17.1 Å². The number of ether oxygens (including phenoxy) is 1. The minimum Gasteiger partial charge on any atom is -0.377 e. The second kappa shape index (κ2) is 5.97. The van der Waals surface area contributed by atoms with E-state index in [0.29, 0.717) is 18.8 Å². The quantitative estimate of drug-likeness (QED) is 0.622. The van der Waals surface area contributed by atoms with E-state index in [2.05, 4.69) is 0 Å². The first kappa shape index (κ1) is 13.7. The fourth-order valence-electron chi connectivity index (χ4n) is 2.39. The van der Waals surface area contributed by atoms with Gasteiger partial charge < -0.3 is 9.64 Å². The first-order valence-corrected chi connectivity index (χ1v) is 6.41. The van der Waals surface area contributed by atoms with E-state index in [1.807, 2.05) is 11.8 Å². The lowest BCUT2D eigenvalue weighted by atomic mass is 10.1. The molecule has 19 heavy (non-hydrogen) atoms. The highest BCUT2D eigenvalue weighted by Gasteiger charge is 2.22. The summed E-state index contributed by atoms with van der Waals surface area (Å²) in [4.78, 5) is 12.1. The summed E-state index contributed by atoms with van der Waals surface area (Å²) >= 11 is 0. The summed E-state index contributed by atoms with van der Waals surface area (Å²) in [5, 5.41) is 10.8. The summed E-state index contributed by atoms with van der Waals surface area (Å²) in [5.74, 6) is -0.581. The molecule has 104 valence electrons. The number of rotatable bonds is 4. The second-order valence-corrected chi connectivity index (χ2v) is 4.59. The first-order valence-electron chi connectivity index (χ1n) is 6.41. The predicted octanol–water partition coefficient (Wildman–Crippen LogP) is 2.74. The Hall–Kier alpha value is -1.69. The topological polar surface area (TPSA) is 55.6 Å². The number of benzene rings is 1. The summed E-state index contributed by atoms with van der Waals surface area (Å²) in [6, 6.07) is 3.69. The molecular weight excluding hydrogens is 251 g/mol. The molecule has 5 nitrogen and oxygen atoms in total. The van der Waals surface area contributed by atoms with Gasteiger partial charge in [0.25, 0.3) is 5.69 Å². The number of non-ortho nitro benzene ring substituents is 1. The van der Waals surface area contributed by atoms with Crippen molar-refractivity contribution in [2.75, 3.05) is 24.6 Å². The van der Waals surface area contributed by atoms with Crippen LogP contribution in [0.5, 0.6) is 0 Å². The molecule has 6 heteroatoms. The van der Waals surface area contributed by atoms with E-state index in [0.717, 1.165) is 25.5 Å². The molecule has 0 N–H and O–H groups in total. The van der Waals surface area contributed by atoms with Gasteiger partial charge in [0.1, 0.15) is 5.82 Å². The maximum Gasteiger partial charge on any atom is 0.274 e. The van der Waals surface area contributed by atoms with Crippen molar-refractivity contribution in [3.8, 4) is 0 Å². The van der Waals surface area contributed by atoms with Crippen LogP contribution in [0.3, 0.4) is 0 Å². The molecule has 0 saturated carbocycles. The highest BCUT2D eigenvalue weighted by Crippen LogP contribution is 2.26. The minimum absolute atomic E-state index is 0.112. The average molecular weight is 268 g/mol. The van der Waals surface area contributed by atoms with Crippen molar-refractivity contribution < 1.29 is 14.1 Å². The average Bonchev–Trinajstić information content (AvgIpc) is 2.38. The zero-order valence-corrected chi connectivity index (χ0v) is 10.8. The van der Waals surface area contributed by atoms with Gasteiger partial charge in [0.2, 0.25) is 0 Å². The molecule has 0 aromatic heterocycles. The van der Waals surface area contributed by atoms with Crippen molar-refractivity contribution in [3.63, 3.8) is 0 Å². The molecule has 1 aromatic carbocycles. The van der Waals surface area contributed by atoms with E-state index in [9.17, 15) is 14.5 Å². The molecule has 1 aliphatic heterocycles. The lowest BCUT2D eigenvalue weighted by molar-refractivity contribution is -0.385. The molecule has 0 aliphatic carbocycles. The third-order valence-electron chi connectivity index (χ3n) is 3.22. The smallest absolute Gasteiger partial charge is 0.274 e. The van der Waals surface area contributed by atoms with Crippen LogP contribution >= 0.6 is 0 Å². The number of nitro benzene ring substituents is 1. The van der Waals surface area contributed by atoms with Crippen LogP contribution in [-0.4, -0.2) is 30.7 Å². The number of piperidine rings is 1. The Morgan fingerprint density at radius 3 is 3.00 bits per heavy atom. The fourth-order valence-corrected chi connectivity index (χ4v) is 2.39. The molecule has 1 fully saturated rings. The van der Waals surface area contributed by atoms with Crippen LogP contribution in [0.1, 0.15) is 19.8 Å². The second-order valence-electron chi connectivity index (χ2n) is 4.59. The SMILES string of the molecule is CCOC1CCCN(c2cc(F)cc([N+](=O)[O-])c2)C1. The van der Waals surface area contributed by atoms with E-state index in [1.165, 1.54) is 12.1 Å². The van der Waals surface area contributed by atoms with Crippen LogP contribution in [0.4, 0.5) is 15.8 Å². The van der Waals surface area contributed by atoms with Gasteiger partial charge in [-0.15, -0.1) is 0 Å². The van der Waals surface area contributed by atoms with Crippen molar-refractivity contribution >= 4 is 11.4 Å². The van der Waals surface area contributed by atoms with E-state index >= 15 is 0 Å². The van der Waals surface area contributed by atoms with Crippen molar-refractivity contribution in [1.82, 2.24) is 0 Å². The highest BCUT2D eigenvalue weighted by atomic mass is 19.1. The third-order valence-corrected chi connectivity index (χ3v) is 3.22. The van der Waals surface area contributed by atoms with E-state index in [4.69, 9.17) is 4.74 Å². The van der Waals surface area contributed by atoms with Crippen LogP contribution in [0.15, 0.2) is 18.2 Å². The molecule has 0 spiro atoms. The highest BCUT2D eigenvalue weighted by molar-refractivity contribution is 5.54. The Morgan fingerprint density at radius 2 is 2.32 bits per heavy atom. The molecule has 1 heterocycles. The molecule has 1 atom stereocenters. The zero-order valence-electron chi connectivity index (χ0n) is 10.8. The molecule has 1 aromatic rings. The summed E-state index contributed by atoms with van der Waals surface area (Å²) in [6.45, 7) is 3.99. The van der Waals surface area contributed by atoms with Gasteiger partial charge >= 0.3 is 0 Å². The normalized spacial score (nSPS) is 19.5. The fraction of sp³-hybridized carbons (Fsp3) is 0.538. The van der Waals surface area contributed by atoms with Crippen molar-refractivity contribution in [1.29, 1.82) is 0 Å². The number of hydrogen-bond acceptors (Lipinski definition) is 4. The predicted molar refractivity (Wildman–Crippen MR) is 69.9 cm³/mol. The number of halogens is 1. The van der Waals surface area contributed by atoms with Crippen LogP contribution in [0.25, 0.3) is 0 Å². The Kier molecular flexibility index (Phi) is 4.31. The summed E-state index contributed by atoms with van der Waals surface area (Å²) < 4.78 is 19.0. The van der Waals surface area contributed by atoms with Crippen LogP contribution in [-0.2, 0) is 4.74 Å². The van der Waals surface area contributed by atoms with Gasteiger partial charge in [-0.05, 0) is 25.8 Å². The number of hydrogen-bond donors (Lipinski definition) is 0. The van der Waals surface area contributed by atoms with E-state index < -0.39 is 10.7 Å². The van der Waals surface area contributed by atoms with Crippen LogP contribution < -0.4 is 4.90 Å². The summed E-state index contributed by atoms with van der Waals surface area (Å²) in [7, 11) is 0. The molecule has 1 unspecified atom stereocenters. The minimum atomic E-state index is -0.581. The molecule has 2 rings (SSSR count). The standard InChI is InChI=1S/C13H17FN2O3/c1-2-19-13-4-3-5-15(9-13)11-6-10(14)7-12(8-11)16(17)18/h6-8,13H,2-5,9H2,1H3. The van der Waals surface area contributed by atoms with Crippen molar-refractivity contribution in [2.24, 2.45) is 0 Å². The van der Waals surface area contributed by atoms with Gasteiger partial charge in [-0.25, -0.2) is 4.39 Å². The lowest BCUT2D eigenvalue weighted by Crippen LogP contribution is -2.39. The van der Waals surface area contributed by atoms with Crippen molar-refractivity contribution in [2.45, 2.75) is 25.9 Å². The molecule has 0 radical (unpaired) electrons. The largest absolute Gasteiger partial charge is 0.377 e. The lowest BCUT2D eigenvalue weighted by Gasteiger charge is -2.34. The zero-order chi connectivity index (χ0) is 13.8. The monoisotopic (exact) mass is 268 g/mol.